The quantitative estimate of drug-likeness (QED) is 0.867. The first-order chi connectivity index (χ1) is 9.25. The molecule has 1 aromatic carbocycles. The third kappa shape index (κ3) is 2.44. The van der Waals surface area contributed by atoms with Crippen LogP contribution in [0.15, 0.2) is 30.3 Å². The van der Waals surface area contributed by atoms with Crippen LogP contribution in [0.1, 0.15) is 11.1 Å². The first-order valence-electron chi connectivity index (χ1n) is 6.34. The van der Waals surface area contributed by atoms with E-state index in [0.717, 1.165) is 46.4 Å². The number of hydrogen-bond donors (Lipinski definition) is 1. The van der Waals surface area contributed by atoms with Gasteiger partial charge in [0.05, 0.1) is 5.69 Å². The van der Waals surface area contributed by atoms with E-state index in [4.69, 9.17) is 16.3 Å². The van der Waals surface area contributed by atoms with Crippen LogP contribution in [0.25, 0.3) is 11.3 Å². The van der Waals surface area contributed by atoms with Gasteiger partial charge < -0.3 is 10.1 Å². The van der Waals surface area contributed by atoms with Crippen LogP contribution >= 0.6 is 11.6 Å². The minimum absolute atomic E-state index is 0.651. The van der Waals surface area contributed by atoms with Crippen LogP contribution in [-0.4, -0.2) is 18.1 Å². The zero-order valence-corrected chi connectivity index (χ0v) is 11.5. The predicted molar refractivity (Wildman–Crippen MR) is 76.6 cm³/mol. The van der Waals surface area contributed by atoms with Gasteiger partial charge in [0.25, 0.3) is 0 Å². The highest BCUT2D eigenvalue weighted by atomic mass is 35.5. The average molecular weight is 275 g/mol. The molecule has 0 saturated heterocycles. The molecule has 3 rings (SSSR count). The second-order valence-corrected chi connectivity index (χ2v) is 5.01. The summed E-state index contributed by atoms with van der Waals surface area (Å²) >= 11 is 6.16. The molecule has 0 saturated carbocycles. The first-order valence-corrected chi connectivity index (χ1v) is 6.72. The van der Waals surface area contributed by atoms with Crippen molar-refractivity contribution in [2.24, 2.45) is 0 Å². The van der Waals surface area contributed by atoms with E-state index >= 15 is 0 Å². The fourth-order valence-corrected chi connectivity index (χ4v) is 2.38. The highest BCUT2D eigenvalue weighted by Gasteiger charge is 2.13. The summed E-state index contributed by atoms with van der Waals surface area (Å²) in [5.74, 6) is 0.724. The second kappa shape index (κ2) is 5.19. The van der Waals surface area contributed by atoms with Crippen LogP contribution in [0.4, 0.5) is 0 Å². The van der Waals surface area contributed by atoms with E-state index in [1.54, 1.807) is 0 Å². The molecule has 0 radical (unpaired) electrons. The molecule has 0 spiro atoms. The topological polar surface area (TPSA) is 34.1 Å². The Hall–Kier alpha value is -1.58. The van der Waals surface area contributed by atoms with Crippen LogP contribution in [0.3, 0.4) is 0 Å². The smallest absolute Gasteiger partial charge is 0.218 e. The lowest BCUT2D eigenvalue weighted by atomic mass is 10.0. The summed E-state index contributed by atoms with van der Waals surface area (Å²) in [6.07, 6.45) is 0. The molecular weight excluding hydrogens is 260 g/mol. The Labute approximate surface area is 117 Å². The number of fused-ring (bicyclic) bond motifs is 1. The van der Waals surface area contributed by atoms with Crippen molar-refractivity contribution in [2.45, 2.75) is 13.5 Å². The largest absolute Gasteiger partial charge is 0.476 e. The van der Waals surface area contributed by atoms with Crippen molar-refractivity contribution in [1.82, 2.24) is 10.3 Å². The summed E-state index contributed by atoms with van der Waals surface area (Å²) in [5.41, 5.74) is 4.10. The van der Waals surface area contributed by atoms with Crippen LogP contribution in [0.2, 0.25) is 5.02 Å². The van der Waals surface area contributed by atoms with Gasteiger partial charge in [0.15, 0.2) is 0 Å². The van der Waals surface area contributed by atoms with Gasteiger partial charge in [0, 0.05) is 29.2 Å². The summed E-state index contributed by atoms with van der Waals surface area (Å²) in [6.45, 7) is 4.31. The van der Waals surface area contributed by atoms with E-state index in [-0.39, 0.29) is 0 Å². The Morgan fingerprint density at radius 3 is 3.05 bits per heavy atom. The van der Waals surface area contributed by atoms with Crippen LogP contribution < -0.4 is 10.1 Å². The zero-order chi connectivity index (χ0) is 13.2. The maximum absolute atomic E-state index is 6.16. The standard InChI is InChI=1S/C15H15ClN2O/c1-10-12(3-2-4-13(10)16)14-6-5-11-9-17-7-8-19-15(11)18-14/h2-6,17H,7-9H2,1H3. The Balaban J connectivity index is 2.06. The number of benzene rings is 1. The molecular formula is C15H15ClN2O. The third-order valence-electron chi connectivity index (χ3n) is 3.32. The molecule has 98 valence electrons. The Bertz CT molecular complexity index is 613. The fraction of sp³-hybridized carbons (Fsp3) is 0.267. The van der Waals surface area contributed by atoms with Crippen molar-refractivity contribution < 1.29 is 4.74 Å². The second-order valence-electron chi connectivity index (χ2n) is 4.60. The fourth-order valence-electron chi connectivity index (χ4n) is 2.21. The van der Waals surface area contributed by atoms with Crippen LogP contribution in [-0.2, 0) is 6.54 Å². The lowest BCUT2D eigenvalue weighted by Gasteiger charge is -2.10. The molecule has 0 bridgehead atoms. The van der Waals surface area contributed by atoms with Gasteiger partial charge in [-0.3, -0.25) is 0 Å². The molecule has 1 aliphatic heterocycles. The van der Waals surface area contributed by atoms with Crippen molar-refractivity contribution in [3.63, 3.8) is 0 Å². The normalized spacial score (nSPS) is 14.4. The maximum Gasteiger partial charge on any atom is 0.218 e. The van der Waals surface area contributed by atoms with E-state index in [1.165, 1.54) is 0 Å². The number of nitrogens with zero attached hydrogens (tertiary/aromatic N) is 1. The maximum atomic E-state index is 6.16. The summed E-state index contributed by atoms with van der Waals surface area (Å²) in [6, 6.07) is 9.96. The van der Waals surface area contributed by atoms with Gasteiger partial charge in [-0.05, 0) is 24.6 Å². The lowest BCUT2D eigenvalue weighted by molar-refractivity contribution is 0.314. The van der Waals surface area contributed by atoms with Gasteiger partial charge in [0.1, 0.15) is 6.61 Å². The van der Waals surface area contributed by atoms with Crippen molar-refractivity contribution in [3.8, 4) is 17.1 Å². The molecule has 1 N–H and O–H groups in total. The molecule has 0 fully saturated rings. The summed E-state index contributed by atoms with van der Waals surface area (Å²) < 4.78 is 5.67. The zero-order valence-electron chi connectivity index (χ0n) is 10.7. The first kappa shape index (κ1) is 12.5. The molecule has 3 nitrogen and oxygen atoms in total. The molecule has 1 aromatic heterocycles. The molecule has 0 aliphatic carbocycles. The van der Waals surface area contributed by atoms with Crippen LogP contribution in [0.5, 0.6) is 5.88 Å². The lowest BCUT2D eigenvalue weighted by Crippen LogP contribution is -2.16. The van der Waals surface area contributed by atoms with E-state index in [9.17, 15) is 0 Å². The van der Waals surface area contributed by atoms with Gasteiger partial charge in [-0.15, -0.1) is 0 Å². The van der Waals surface area contributed by atoms with Gasteiger partial charge in [-0.2, -0.15) is 0 Å². The minimum Gasteiger partial charge on any atom is -0.476 e. The SMILES string of the molecule is Cc1c(Cl)cccc1-c1ccc2c(n1)OCCNC2. The molecule has 0 atom stereocenters. The van der Waals surface area contributed by atoms with E-state index in [2.05, 4.69) is 16.4 Å². The average Bonchev–Trinajstić information content (AvgIpc) is 2.66. The third-order valence-corrected chi connectivity index (χ3v) is 3.73. The molecule has 2 aromatic rings. The van der Waals surface area contributed by atoms with E-state index in [1.807, 2.05) is 31.2 Å². The molecule has 19 heavy (non-hydrogen) atoms. The number of pyridine rings is 1. The minimum atomic E-state index is 0.651. The van der Waals surface area contributed by atoms with Gasteiger partial charge in [-0.1, -0.05) is 29.8 Å². The monoisotopic (exact) mass is 274 g/mol. The highest BCUT2D eigenvalue weighted by molar-refractivity contribution is 6.31. The van der Waals surface area contributed by atoms with E-state index in [0.29, 0.717) is 6.61 Å². The number of ether oxygens (including phenoxy) is 1. The molecule has 4 heteroatoms. The predicted octanol–water partition coefficient (Wildman–Crippen LogP) is 3.19. The molecule has 0 unspecified atom stereocenters. The number of hydrogen-bond acceptors (Lipinski definition) is 3. The Morgan fingerprint density at radius 1 is 1.26 bits per heavy atom. The van der Waals surface area contributed by atoms with E-state index < -0.39 is 0 Å². The van der Waals surface area contributed by atoms with Crippen molar-refractivity contribution >= 4 is 11.6 Å². The summed E-state index contributed by atoms with van der Waals surface area (Å²) in [5, 5.41) is 4.06. The van der Waals surface area contributed by atoms with Gasteiger partial charge in [0.2, 0.25) is 5.88 Å². The number of halogens is 1. The van der Waals surface area contributed by atoms with Gasteiger partial charge in [-0.25, -0.2) is 4.98 Å². The highest BCUT2D eigenvalue weighted by Crippen LogP contribution is 2.29. The molecule has 2 heterocycles. The van der Waals surface area contributed by atoms with Gasteiger partial charge >= 0.3 is 0 Å². The molecule has 1 aliphatic rings. The number of aromatic nitrogens is 1. The van der Waals surface area contributed by atoms with Crippen molar-refractivity contribution in [3.05, 3.63) is 46.5 Å². The number of nitrogens with one attached hydrogen (secondary N) is 1. The van der Waals surface area contributed by atoms with Crippen LogP contribution in [0, 0.1) is 6.92 Å². The number of rotatable bonds is 1. The summed E-state index contributed by atoms with van der Waals surface area (Å²) in [7, 11) is 0. The van der Waals surface area contributed by atoms with Crippen molar-refractivity contribution in [2.75, 3.05) is 13.2 Å². The Kier molecular flexibility index (Phi) is 3.40. The Morgan fingerprint density at radius 2 is 2.16 bits per heavy atom. The molecule has 0 amide bonds. The summed E-state index contributed by atoms with van der Waals surface area (Å²) in [4.78, 5) is 4.62. The van der Waals surface area contributed by atoms with Crippen molar-refractivity contribution in [1.29, 1.82) is 0 Å².